The highest BCUT2D eigenvalue weighted by Crippen LogP contribution is 2.42. The summed E-state index contributed by atoms with van der Waals surface area (Å²) in [5.74, 6) is -1.29. The van der Waals surface area contributed by atoms with Crippen molar-refractivity contribution in [1.82, 2.24) is 15.2 Å². The fraction of sp³-hybridized carbons (Fsp3) is 0.303. The molecular weight excluding hydrogens is 675 g/mol. The van der Waals surface area contributed by atoms with Crippen molar-refractivity contribution in [3.8, 4) is 0 Å². The number of β-lactam (4-membered cyclic amide) rings is 1. The monoisotopic (exact) mass is 707 g/mol. The van der Waals surface area contributed by atoms with Crippen LogP contribution in [0.1, 0.15) is 50.6 Å². The fourth-order valence-corrected chi connectivity index (χ4v) is 7.26. The zero-order valence-corrected chi connectivity index (χ0v) is 28.9. The number of esters is 1. The first-order valence-corrected chi connectivity index (χ1v) is 17.1. The van der Waals surface area contributed by atoms with E-state index in [2.05, 4.69) is 20.8 Å². The number of carbonyl (C=O) groups excluding carboxylic acids is 4. The molecule has 15 heteroatoms. The summed E-state index contributed by atoms with van der Waals surface area (Å²) in [6, 6.07) is 18.4. The highest BCUT2D eigenvalue weighted by atomic mass is 32.2. The molecule has 2 aromatic carbocycles. The number of amides is 3. The molecule has 0 aliphatic carbocycles. The summed E-state index contributed by atoms with van der Waals surface area (Å²) in [7, 11) is 0. The molecule has 0 spiro atoms. The van der Waals surface area contributed by atoms with Crippen LogP contribution in [0.5, 0.6) is 0 Å². The van der Waals surface area contributed by atoms with Crippen molar-refractivity contribution < 1.29 is 33.5 Å². The van der Waals surface area contributed by atoms with E-state index in [0.717, 1.165) is 28.0 Å². The molecule has 2 aliphatic rings. The van der Waals surface area contributed by atoms with Crippen LogP contribution < -0.4 is 10.6 Å². The molecule has 48 heavy (non-hydrogen) atoms. The predicted molar refractivity (Wildman–Crippen MR) is 186 cm³/mol. The summed E-state index contributed by atoms with van der Waals surface area (Å²) in [5.41, 5.74) is 2.21. The molecule has 1 saturated heterocycles. The maximum atomic E-state index is 13.7. The summed E-state index contributed by atoms with van der Waals surface area (Å²) in [5, 5.41) is 10.4. The lowest BCUT2D eigenvalue weighted by molar-refractivity contribution is -0.160. The van der Waals surface area contributed by atoms with E-state index in [-0.39, 0.29) is 27.5 Å². The quantitative estimate of drug-likeness (QED) is 0.0685. The van der Waals surface area contributed by atoms with E-state index in [1.807, 2.05) is 67.6 Å². The minimum absolute atomic E-state index is 0.0739. The summed E-state index contributed by atoms with van der Waals surface area (Å²) >= 11 is 8.35. The van der Waals surface area contributed by atoms with Gasteiger partial charge in [-0.1, -0.05) is 65.8 Å². The van der Waals surface area contributed by atoms with Crippen molar-refractivity contribution in [3.05, 3.63) is 94.1 Å². The second-order valence-electron chi connectivity index (χ2n) is 11.7. The SMILES string of the molecule is CC1=C(C(=S)OC(c2ccccc2)c2ccccc2)N2C(=O)C(NC(=O)C(=NOCC(=O)OC(C)(C)C)c3csc(NC=O)n3)[C@H]2SC1. The minimum atomic E-state index is -0.922. The number of thioether (sulfide) groups is 1. The maximum Gasteiger partial charge on any atom is 0.347 e. The van der Waals surface area contributed by atoms with Crippen molar-refractivity contribution in [2.45, 2.75) is 50.8 Å². The zero-order valence-electron chi connectivity index (χ0n) is 26.5. The summed E-state index contributed by atoms with van der Waals surface area (Å²) < 4.78 is 11.7. The van der Waals surface area contributed by atoms with Gasteiger partial charge in [0.1, 0.15) is 28.8 Å². The van der Waals surface area contributed by atoms with E-state index in [1.165, 1.54) is 17.1 Å². The normalized spacial score (nSPS) is 17.6. The molecule has 0 radical (unpaired) electrons. The molecule has 12 nitrogen and oxygen atoms in total. The fourth-order valence-electron chi connectivity index (χ4n) is 4.94. The Balaban J connectivity index is 1.32. The van der Waals surface area contributed by atoms with Crippen LogP contribution in [0.15, 0.2) is 82.5 Å². The zero-order chi connectivity index (χ0) is 34.4. The molecular formula is C33H33N5O7S3. The van der Waals surface area contributed by atoms with Crippen molar-refractivity contribution >= 4 is 75.4 Å². The van der Waals surface area contributed by atoms with Gasteiger partial charge in [0.25, 0.3) is 11.8 Å². The van der Waals surface area contributed by atoms with Crippen molar-refractivity contribution in [3.63, 3.8) is 0 Å². The number of thiocarbonyl (C=S) groups is 1. The minimum Gasteiger partial charge on any atom is -0.469 e. The average molecular weight is 708 g/mol. The standard InChI is InChI=1S/C33H33N5O7S3/c1-19-16-47-30-25(36-28(41)24(22-17-48-32(35-22)34-18-39)37-43-15-23(40)45-33(2,3)4)29(42)38(30)26(19)31(46)44-27(20-11-7-5-8-12-20)21-13-9-6-10-14-21/h5-14,17-18,25,27,30H,15-16H2,1-4H3,(H,36,41)(H,34,35,39)/t25?,30-/m1/s1. The summed E-state index contributed by atoms with van der Waals surface area (Å²) in [4.78, 5) is 61.2. The van der Waals surface area contributed by atoms with Gasteiger partial charge in [-0.3, -0.25) is 19.3 Å². The summed E-state index contributed by atoms with van der Waals surface area (Å²) in [6.45, 7) is 6.45. The Bertz CT molecular complexity index is 1720. The van der Waals surface area contributed by atoms with Gasteiger partial charge in [0.05, 0.1) is 5.70 Å². The van der Waals surface area contributed by atoms with Gasteiger partial charge in [-0.25, -0.2) is 9.78 Å². The largest absolute Gasteiger partial charge is 0.469 e. The Hall–Kier alpha value is -4.60. The smallest absolute Gasteiger partial charge is 0.347 e. The van der Waals surface area contributed by atoms with Crippen molar-refractivity contribution in [1.29, 1.82) is 0 Å². The third kappa shape index (κ3) is 8.09. The van der Waals surface area contributed by atoms with Crippen LogP contribution in [0.25, 0.3) is 0 Å². The number of ether oxygens (including phenoxy) is 2. The topological polar surface area (TPSA) is 149 Å². The number of oxime groups is 1. The van der Waals surface area contributed by atoms with E-state index in [1.54, 1.807) is 25.7 Å². The van der Waals surface area contributed by atoms with E-state index in [4.69, 9.17) is 26.5 Å². The predicted octanol–water partition coefficient (Wildman–Crippen LogP) is 4.58. The molecule has 1 aromatic heterocycles. The number of nitrogens with zero attached hydrogens (tertiary/aromatic N) is 3. The van der Waals surface area contributed by atoms with Crippen LogP contribution in [-0.2, 0) is 33.5 Å². The third-order valence-corrected chi connectivity index (χ3v) is 9.46. The Morgan fingerprint density at radius 1 is 1.12 bits per heavy atom. The lowest BCUT2D eigenvalue weighted by atomic mass is 10.0. The molecule has 2 N–H and O–H groups in total. The van der Waals surface area contributed by atoms with E-state index in [9.17, 15) is 19.2 Å². The Morgan fingerprint density at radius 3 is 2.38 bits per heavy atom. The van der Waals surface area contributed by atoms with Crippen LogP contribution in [-0.4, -0.2) is 74.2 Å². The van der Waals surface area contributed by atoms with E-state index < -0.39 is 41.6 Å². The molecule has 2 atom stereocenters. The lowest BCUT2D eigenvalue weighted by Gasteiger charge is -2.50. The number of nitrogens with one attached hydrogen (secondary N) is 2. The molecule has 0 bridgehead atoms. The first kappa shape index (κ1) is 34.7. The number of hydrogen-bond acceptors (Lipinski definition) is 12. The number of thiazole rings is 1. The molecule has 3 heterocycles. The number of hydrogen-bond donors (Lipinski definition) is 2. The molecule has 0 saturated carbocycles. The second-order valence-corrected chi connectivity index (χ2v) is 14.0. The van der Waals surface area contributed by atoms with Gasteiger partial charge in [-0.15, -0.1) is 23.1 Å². The van der Waals surface area contributed by atoms with Crippen LogP contribution in [0, 0.1) is 0 Å². The molecule has 2 aliphatic heterocycles. The third-order valence-electron chi connectivity index (χ3n) is 6.97. The molecule has 3 amide bonds. The van der Waals surface area contributed by atoms with Gasteiger partial charge in [0, 0.05) is 11.1 Å². The lowest BCUT2D eigenvalue weighted by Crippen LogP contribution is -2.71. The Kier molecular flexibility index (Phi) is 10.9. The number of rotatable bonds is 12. The van der Waals surface area contributed by atoms with E-state index >= 15 is 0 Å². The van der Waals surface area contributed by atoms with Gasteiger partial charge in [0.15, 0.2) is 10.8 Å². The van der Waals surface area contributed by atoms with Gasteiger partial charge in [-0.05, 0) is 56.6 Å². The first-order chi connectivity index (χ1) is 23.0. The Labute approximate surface area is 290 Å². The highest BCUT2D eigenvalue weighted by molar-refractivity contribution is 8.00. The maximum absolute atomic E-state index is 13.7. The van der Waals surface area contributed by atoms with E-state index in [0.29, 0.717) is 17.9 Å². The van der Waals surface area contributed by atoms with Crippen molar-refractivity contribution in [2.75, 3.05) is 17.7 Å². The molecule has 3 aromatic rings. The van der Waals surface area contributed by atoms with Crippen LogP contribution in [0.3, 0.4) is 0 Å². The van der Waals surface area contributed by atoms with Gasteiger partial charge in [-0.2, -0.15) is 0 Å². The number of carbonyl (C=O) groups is 4. The van der Waals surface area contributed by atoms with Crippen LogP contribution in [0.2, 0.25) is 0 Å². The molecule has 1 fully saturated rings. The summed E-state index contributed by atoms with van der Waals surface area (Å²) in [6.07, 6.45) is -0.0555. The number of anilines is 1. The average Bonchev–Trinajstić information content (AvgIpc) is 3.52. The van der Waals surface area contributed by atoms with Gasteiger partial charge >= 0.3 is 5.97 Å². The second kappa shape index (κ2) is 15.1. The van der Waals surface area contributed by atoms with Gasteiger partial charge in [0.2, 0.25) is 18.1 Å². The Morgan fingerprint density at radius 2 is 1.77 bits per heavy atom. The van der Waals surface area contributed by atoms with Gasteiger partial charge < -0.3 is 24.9 Å². The molecule has 5 rings (SSSR count). The number of aromatic nitrogens is 1. The molecule has 1 unspecified atom stereocenters. The first-order valence-electron chi connectivity index (χ1n) is 14.8. The van der Waals surface area contributed by atoms with Crippen molar-refractivity contribution in [2.24, 2.45) is 5.16 Å². The number of benzene rings is 2. The molecule has 250 valence electrons. The number of fused-ring (bicyclic) bond motifs is 1. The van der Waals surface area contributed by atoms with Crippen LogP contribution >= 0.6 is 35.3 Å². The highest BCUT2D eigenvalue weighted by Gasteiger charge is 2.53. The van der Waals surface area contributed by atoms with Crippen LogP contribution in [0.4, 0.5) is 5.13 Å².